The average molecular weight is 524 g/mol. The first-order chi connectivity index (χ1) is 17.2. The number of ether oxygens (including phenoxy) is 1. The van der Waals surface area contributed by atoms with Gasteiger partial charge in [0, 0.05) is 10.9 Å². The van der Waals surface area contributed by atoms with E-state index in [-0.39, 0.29) is 33.1 Å². The Kier molecular flexibility index (Phi) is 5.95. The van der Waals surface area contributed by atoms with Crippen molar-refractivity contribution >= 4 is 39.9 Å². The number of pyridine rings is 1. The van der Waals surface area contributed by atoms with E-state index in [0.717, 1.165) is 32.4 Å². The van der Waals surface area contributed by atoms with Crippen LogP contribution in [0, 0.1) is 12.7 Å². The molecule has 0 radical (unpaired) electrons. The number of nitrogens with one attached hydrogen (secondary N) is 1. The molecule has 0 aliphatic rings. The topological polar surface area (TPSA) is 116 Å². The van der Waals surface area contributed by atoms with Gasteiger partial charge in [-0.1, -0.05) is 23.2 Å². The van der Waals surface area contributed by atoms with Gasteiger partial charge >= 0.3 is 5.69 Å². The summed E-state index contributed by atoms with van der Waals surface area (Å²) in [7, 11) is 0. The Morgan fingerprint density at radius 2 is 1.69 bits per heavy atom. The fourth-order valence-electron chi connectivity index (χ4n) is 3.68. The number of aromatic nitrogens is 4. The van der Waals surface area contributed by atoms with Crippen LogP contribution in [0.4, 0.5) is 10.2 Å². The van der Waals surface area contributed by atoms with Crippen LogP contribution >= 0.6 is 23.2 Å². The maximum absolute atomic E-state index is 13.3. The Morgan fingerprint density at radius 1 is 1.00 bits per heavy atom. The van der Waals surface area contributed by atoms with Crippen LogP contribution in [-0.2, 0) is 0 Å². The number of anilines is 1. The van der Waals surface area contributed by atoms with Gasteiger partial charge in [0.1, 0.15) is 11.6 Å². The van der Waals surface area contributed by atoms with Gasteiger partial charge in [-0.3, -0.25) is 9.78 Å². The van der Waals surface area contributed by atoms with E-state index < -0.39 is 11.2 Å². The number of aromatic amines is 1. The van der Waals surface area contributed by atoms with Gasteiger partial charge in [0.15, 0.2) is 5.75 Å². The summed E-state index contributed by atoms with van der Waals surface area (Å²) < 4.78 is 20.1. The van der Waals surface area contributed by atoms with Gasteiger partial charge in [-0.25, -0.2) is 14.2 Å². The number of benzene rings is 3. The lowest BCUT2D eigenvalue weighted by Gasteiger charge is -2.13. The predicted octanol–water partition coefficient (Wildman–Crippen LogP) is 5.26. The third kappa shape index (κ3) is 4.41. The van der Waals surface area contributed by atoms with E-state index in [9.17, 15) is 14.0 Å². The first-order valence-corrected chi connectivity index (χ1v) is 11.3. The second-order valence-corrected chi connectivity index (χ2v) is 8.72. The molecule has 180 valence electrons. The number of rotatable bonds is 4. The highest BCUT2D eigenvalue weighted by Gasteiger charge is 2.15. The molecule has 2 heterocycles. The summed E-state index contributed by atoms with van der Waals surface area (Å²) in [4.78, 5) is 30.4. The third-order valence-corrected chi connectivity index (χ3v) is 5.99. The molecule has 36 heavy (non-hydrogen) atoms. The summed E-state index contributed by atoms with van der Waals surface area (Å²) >= 11 is 12.8. The number of hydrogen-bond donors (Lipinski definition) is 2. The summed E-state index contributed by atoms with van der Waals surface area (Å²) in [5, 5.41) is 4.84. The molecule has 2 aromatic heterocycles. The fourth-order valence-corrected chi connectivity index (χ4v) is 4.23. The monoisotopic (exact) mass is 523 g/mol. The highest BCUT2D eigenvalue weighted by Crippen LogP contribution is 2.39. The van der Waals surface area contributed by atoms with Crippen molar-refractivity contribution in [3.8, 4) is 28.4 Å². The van der Waals surface area contributed by atoms with Crippen molar-refractivity contribution in [2.75, 3.05) is 5.73 Å². The van der Waals surface area contributed by atoms with Crippen molar-refractivity contribution in [1.29, 1.82) is 0 Å². The summed E-state index contributed by atoms with van der Waals surface area (Å²) in [5.41, 5.74) is 7.32. The number of nitrogen functional groups attached to an aromatic ring is 1. The summed E-state index contributed by atoms with van der Waals surface area (Å²) in [6, 6.07) is 16.2. The Hall–Kier alpha value is -4.21. The molecule has 5 rings (SSSR count). The second kappa shape index (κ2) is 9.10. The van der Waals surface area contributed by atoms with Crippen LogP contribution in [0.5, 0.6) is 11.5 Å². The van der Waals surface area contributed by atoms with E-state index in [1.807, 2.05) is 13.0 Å². The average Bonchev–Trinajstić information content (AvgIpc) is 2.84. The zero-order chi connectivity index (χ0) is 25.6. The van der Waals surface area contributed by atoms with E-state index in [1.54, 1.807) is 30.3 Å². The van der Waals surface area contributed by atoms with E-state index in [4.69, 9.17) is 33.7 Å². The summed E-state index contributed by atoms with van der Waals surface area (Å²) in [6.45, 7) is 1.94. The minimum absolute atomic E-state index is 0.109. The molecule has 0 bridgehead atoms. The fraction of sp³-hybridized carbons (Fsp3) is 0.0400. The van der Waals surface area contributed by atoms with Crippen LogP contribution in [0.1, 0.15) is 5.56 Å². The zero-order valence-electron chi connectivity index (χ0n) is 18.6. The smallest absolute Gasteiger partial charge is 0.349 e. The van der Waals surface area contributed by atoms with Crippen LogP contribution in [0.25, 0.3) is 27.8 Å². The molecule has 0 amide bonds. The first-order valence-electron chi connectivity index (χ1n) is 10.5. The van der Waals surface area contributed by atoms with Gasteiger partial charge in [-0.2, -0.15) is 4.68 Å². The zero-order valence-corrected chi connectivity index (χ0v) is 20.1. The lowest BCUT2D eigenvalue weighted by Crippen LogP contribution is -2.33. The Bertz CT molecular complexity index is 1740. The van der Waals surface area contributed by atoms with Crippen LogP contribution in [0.15, 0.2) is 70.3 Å². The number of halogens is 3. The highest BCUT2D eigenvalue weighted by molar-refractivity contribution is 6.37. The number of aryl methyl sites for hydroxylation is 1. The van der Waals surface area contributed by atoms with E-state index in [2.05, 4.69) is 15.1 Å². The lowest BCUT2D eigenvalue weighted by molar-refractivity contribution is 0.483. The SMILES string of the molecule is Cc1cc(-c2ccc(F)cc2)nc2ccc(Oc3c(Cl)cc(-n4nc(N)c(=O)[nH]c4=O)cc3Cl)cc12. The van der Waals surface area contributed by atoms with Crippen LogP contribution in [0.3, 0.4) is 0 Å². The van der Waals surface area contributed by atoms with E-state index in [1.165, 1.54) is 24.3 Å². The van der Waals surface area contributed by atoms with Crippen molar-refractivity contribution in [1.82, 2.24) is 19.7 Å². The van der Waals surface area contributed by atoms with Crippen LogP contribution in [0.2, 0.25) is 10.0 Å². The van der Waals surface area contributed by atoms with Crippen LogP contribution in [-0.4, -0.2) is 19.7 Å². The van der Waals surface area contributed by atoms with Crippen molar-refractivity contribution in [3.05, 3.63) is 103 Å². The Balaban J connectivity index is 1.49. The maximum Gasteiger partial charge on any atom is 0.349 e. The molecule has 5 aromatic rings. The van der Waals surface area contributed by atoms with Crippen LogP contribution < -0.4 is 21.7 Å². The molecule has 0 fully saturated rings. The summed E-state index contributed by atoms with van der Waals surface area (Å²) in [6.07, 6.45) is 0. The summed E-state index contributed by atoms with van der Waals surface area (Å²) in [5.74, 6) is -0.0676. The number of hydrogen-bond acceptors (Lipinski definition) is 6. The minimum Gasteiger partial charge on any atom is -0.454 e. The molecule has 0 saturated carbocycles. The molecule has 0 unspecified atom stereocenters. The molecule has 0 saturated heterocycles. The molecule has 0 aliphatic heterocycles. The van der Waals surface area contributed by atoms with Crippen molar-refractivity contribution < 1.29 is 9.13 Å². The minimum atomic E-state index is -0.799. The van der Waals surface area contributed by atoms with Gasteiger partial charge in [0.2, 0.25) is 5.82 Å². The van der Waals surface area contributed by atoms with Gasteiger partial charge in [-0.15, -0.1) is 5.10 Å². The number of nitrogens with zero attached hydrogens (tertiary/aromatic N) is 3. The molecule has 0 aliphatic carbocycles. The molecular formula is C25H16Cl2FN5O3. The molecule has 0 atom stereocenters. The lowest BCUT2D eigenvalue weighted by atomic mass is 10.0. The van der Waals surface area contributed by atoms with Gasteiger partial charge in [0.25, 0.3) is 5.56 Å². The van der Waals surface area contributed by atoms with E-state index in [0.29, 0.717) is 5.75 Å². The molecule has 11 heteroatoms. The second-order valence-electron chi connectivity index (χ2n) is 7.91. The Morgan fingerprint density at radius 3 is 2.39 bits per heavy atom. The standard InChI is InChI=1S/C25H16Cl2FN5O3/c1-12-8-21(13-2-4-14(28)5-3-13)30-20-7-6-16(11-17(12)20)36-22-18(26)9-15(10-19(22)27)33-25(35)31-24(34)23(29)32-33/h2-11H,1H3,(H2,29,32)(H,31,34,35). The van der Waals surface area contributed by atoms with Crippen molar-refractivity contribution in [2.45, 2.75) is 6.92 Å². The van der Waals surface area contributed by atoms with Gasteiger partial charge in [0.05, 0.1) is 26.9 Å². The molecular weight excluding hydrogens is 508 g/mol. The van der Waals surface area contributed by atoms with Gasteiger partial charge in [-0.05, 0) is 73.2 Å². The van der Waals surface area contributed by atoms with E-state index >= 15 is 0 Å². The molecule has 8 nitrogen and oxygen atoms in total. The number of H-pyrrole nitrogens is 1. The highest BCUT2D eigenvalue weighted by atomic mass is 35.5. The van der Waals surface area contributed by atoms with Crippen molar-refractivity contribution in [3.63, 3.8) is 0 Å². The molecule has 3 N–H and O–H groups in total. The normalized spacial score (nSPS) is 11.1. The predicted molar refractivity (Wildman–Crippen MR) is 137 cm³/mol. The maximum atomic E-state index is 13.3. The largest absolute Gasteiger partial charge is 0.454 e. The van der Waals surface area contributed by atoms with Crippen molar-refractivity contribution in [2.24, 2.45) is 0 Å². The third-order valence-electron chi connectivity index (χ3n) is 5.43. The molecule has 3 aromatic carbocycles. The molecule has 0 spiro atoms. The quantitative estimate of drug-likeness (QED) is 0.331. The number of fused-ring (bicyclic) bond motifs is 1. The first kappa shape index (κ1) is 23.5. The van der Waals surface area contributed by atoms with Gasteiger partial charge < -0.3 is 10.5 Å². The Labute approximate surface area is 212 Å². The number of nitrogens with two attached hydrogens (primary N) is 1.